The van der Waals surface area contributed by atoms with Crippen LogP contribution in [0.1, 0.15) is 53.6 Å². The van der Waals surface area contributed by atoms with Gasteiger partial charge in [0.15, 0.2) is 5.11 Å². The van der Waals surface area contributed by atoms with Gasteiger partial charge in [0, 0.05) is 35.4 Å². The molecule has 1 fully saturated rings. The van der Waals surface area contributed by atoms with Crippen LogP contribution < -0.4 is 15.5 Å². The minimum absolute atomic E-state index is 0.0145. The van der Waals surface area contributed by atoms with Gasteiger partial charge in [-0.15, -0.1) is 0 Å². The molecule has 2 aromatic carbocycles. The first kappa shape index (κ1) is 25.9. The SMILES string of the molecule is CCC(=O)Nc1ccc(N2C(=S)N[C@H](c3ccccn3)[C@H]2c2cc(C)n(-c3ccccc3Cl)c2C)cc1C. The number of para-hydroxylation sites is 1. The fraction of sp³-hybridized carbons (Fsp3) is 0.233. The number of rotatable bonds is 6. The highest BCUT2D eigenvalue weighted by molar-refractivity contribution is 7.80. The summed E-state index contributed by atoms with van der Waals surface area (Å²) in [5.41, 5.74) is 7.86. The number of carbonyl (C=O) groups excluding carboxylic acids is 1. The van der Waals surface area contributed by atoms with Crippen molar-refractivity contribution >= 4 is 46.2 Å². The number of nitrogens with zero attached hydrogens (tertiary/aromatic N) is 3. The lowest BCUT2D eigenvalue weighted by Crippen LogP contribution is -2.29. The first-order valence-corrected chi connectivity index (χ1v) is 13.4. The Labute approximate surface area is 233 Å². The molecule has 0 saturated carbocycles. The van der Waals surface area contributed by atoms with Crippen LogP contribution in [-0.4, -0.2) is 20.6 Å². The zero-order valence-corrected chi connectivity index (χ0v) is 23.4. The third-order valence-electron chi connectivity index (χ3n) is 7.06. The monoisotopic (exact) mass is 543 g/mol. The smallest absolute Gasteiger partial charge is 0.224 e. The molecular formula is C30H30ClN5OS. The Bertz CT molecular complexity index is 1520. The van der Waals surface area contributed by atoms with Crippen LogP contribution in [0.15, 0.2) is 72.9 Å². The predicted octanol–water partition coefficient (Wildman–Crippen LogP) is 6.98. The zero-order valence-electron chi connectivity index (χ0n) is 21.8. The van der Waals surface area contributed by atoms with Crippen LogP contribution in [0.5, 0.6) is 0 Å². The van der Waals surface area contributed by atoms with E-state index >= 15 is 0 Å². The van der Waals surface area contributed by atoms with Crippen LogP contribution in [0.4, 0.5) is 11.4 Å². The summed E-state index contributed by atoms with van der Waals surface area (Å²) in [6, 6.07) is 21.7. The first-order chi connectivity index (χ1) is 18.3. The van der Waals surface area contributed by atoms with Gasteiger partial charge in [-0.25, -0.2) is 0 Å². The number of anilines is 2. The topological polar surface area (TPSA) is 62.2 Å². The van der Waals surface area contributed by atoms with Crippen molar-refractivity contribution in [3.63, 3.8) is 0 Å². The van der Waals surface area contributed by atoms with Gasteiger partial charge < -0.3 is 20.1 Å². The molecule has 2 aromatic heterocycles. The highest BCUT2D eigenvalue weighted by atomic mass is 35.5. The quantitative estimate of drug-likeness (QED) is 0.257. The summed E-state index contributed by atoms with van der Waals surface area (Å²) in [6.07, 6.45) is 2.23. The summed E-state index contributed by atoms with van der Waals surface area (Å²) >= 11 is 12.5. The van der Waals surface area contributed by atoms with E-state index in [1.807, 2.05) is 74.6 Å². The van der Waals surface area contributed by atoms with Crippen molar-refractivity contribution in [2.75, 3.05) is 10.2 Å². The molecule has 4 aromatic rings. The minimum atomic E-state index is -0.163. The highest BCUT2D eigenvalue weighted by Crippen LogP contribution is 2.44. The Morgan fingerprint density at radius 3 is 2.53 bits per heavy atom. The van der Waals surface area contributed by atoms with Gasteiger partial charge in [0.2, 0.25) is 5.91 Å². The van der Waals surface area contributed by atoms with Crippen LogP contribution >= 0.6 is 23.8 Å². The van der Waals surface area contributed by atoms with Crippen molar-refractivity contribution in [1.82, 2.24) is 14.9 Å². The molecule has 8 heteroatoms. The third-order valence-corrected chi connectivity index (χ3v) is 7.70. The summed E-state index contributed by atoms with van der Waals surface area (Å²) in [5, 5.41) is 7.83. The first-order valence-electron chi connectivity index (χ1n) is 12.6. The number of nitrogens with one attached hydrogen (secondary N) is 2. The van der Waals surface area contributed by atoms with Crippen LogP contribution in [-0.2, 0) is 4.79 Å². The molecule has 0 unspecified atom stereocenters. The average Bonchev–Trinajstić information content (AvgIpc) is 3.41. The number of hydrogen-bond donors (Lipinski definition) is 2. The lowest BCUT2D eigenvalue weighted by Gasteiger charge is -2.29. The van der Waals surface area contributed by atoms with Gasteiger partial charge in [-0.3, -0.25) is 9.78 Å². The van der Waals surface area contributed by atoms with Gasteiger partial charge in [-0.05, 0) is 92.6 Å². The number of benzene rings is 2. The Hall–Kier alpha value is -3.68. The normalized spacial score (nSPS) is 17.0. The van der Waals surface area contributed by atoms with Crippen LogP contribution in [0.3, 0.4) is 0 Å². The van der Waals surface area contributed by atoms with E-state index in [4.69, 9.17) is 23.8 Å². The van der Waals surface area contributed by atoms with E-state index in [0.717, 1.165) is 45.3 Å². The average molecular weight is 544 g/mol. The highest BCUT2D eigenvalue weighted by Gasteiger charge is 2.42. The molecule has 0 bridgehead atoms. The molecule has 1 amide bonds. The van der Waals surface area contributed by atoms with Crippen molar-refractivity contribution in [1.29, 1.82) is 0 Å². The molecule has 3 heterocycles. The van der Waals surface area contributed by atoms with E-state index in [1.54, 1.807) is 0 Å². The van der Waals surface area contributed by atoms with Crippen LogP contribution in [0.25, 0.3) is 5.69 Å². The second-order valence-corrected chi connectivity index (χ2v) is 10.3. The number of pyridine rings is 1. The van der Waals surface area contributed by atoms with Crippen molar-refractivity contribution in [3.8, 4) is 5.69 Å². The molecule has 1 aliphatic rings. The summed E-state index contributed by atoms with van der Waals surface area (Å²) in [5.74, 6) is -0.0145. The van der Waals surface area contributed by atoms with E-state index < -0.39 is 0 Å². The number of amides is 1. The number of carbonyl (C=O) groups is 1. The molecule has 2 atom stereocenters. The molecule has 1 saturated heterocycles. The molecule has 194 valence electrons. The van der Waals surface area contributed by atoms with Gasteiger partial charge >= 0.3 is 0 Å². The largest absolute Gasteiger partial charge is 0.351 e. The number of hydrogen-bond acceptors (Lipinski definition) is 3. The molecule has 38 heavy (non-hydrogen) atoms. The van der Waals surface area contributed by atoms with E-state index in [1.165, 1.54) is 0 Å². The Morgan fingerprint density at radius 2 is 1.84 bits per heavy atom. The summed E-state index contributed by atoms with van der Waals surface area (Å²) in [7, 11) is 0. The van der Waals surface area contributed by atoms with Gasteiger partial charge in [-0.2, -0.15) is 0 Å². The molecule has 0 radical (unpaired) electrons. The van der Waals surface area contributed by atoms with Gasteiger partial charge in [-0.1, -0.05) is 36.7 Å². The Balaban J connectivity index is 1.64. The van der Waals surface area contributed by atoms with E-state index in [9.17, 15) is 4.79 Å². The van der Waals surface area contributed by atoms with Crippen LogP contribution in [0.2, 0.25) is 5.02 Å². The third kappa shape index (κ3) is 4.68. The van der Waals surface area contributed by atoms with E-state index in [2.05, 4.69) is 51.1 Å². The fourth-order valence-electron chi connectivity index (χ4n) is 5.22. The number of halogens is 1. The lowest BCUT2D eigenvalue weighted by molar-refractivity contribution is -0.115. The Kier molecular flexibility index (Phi) is 7.23. The van der Waals surface area contributed by atoms with Gasteiger partial charge in [0.05, 0.1) is 28.5 Å². The fourth-order valence-corrected chi connectivity index (χ4v) is 5.78. The Morgan fingerprint density at radius 1 is 1.08 bits per heavy atom. The van der Waals surface area contributed by atoms with Crippen molar-refractivity contribution in [2.24, 2.45) is 0 Å². The zero-order chi connectivity index (χ0) is 27.0. The summed E-state index contributed by atoms with van der Waals surface area (Å²) in [6.45, 7) is 8.05. The van der Waals surface area contributed by atoms with Crippen molar-refractivity contribution in [2.45, 2.75) is 46.2 Å². The molecule has 1 aliphatic heterocycles. The minimum Gasteiger partial charge on any atom is -0.351 e. The maximum absolute atomic E-state index is 12.0. The molecule has 6 nitrogen and oxygen atoms in total. The van der Waals surface area contributed by atoms with Crippen molar-refractivity contribution < 1.29 is 4.79 Å². The standard InChI is InChI=1S/C30H30ClN5OS/c1-5-27(37)33-24-14-13-21(16-18(24)2)36-29(28(34-30(36)38)25-11-8-9-15-32-25)22-17-19(3)35(20(22)4)26-12-7-6-10-23(26)31/h6-17,28-29H,5H2,1-4H3,(H,33,37)(H,34,38)/t28-,29-/m1/s1. The maximum Gasteiger partial charge on any atom is 0.224 e. The van der Waals surface area contributed by atoms with Crippen molar-refractivity contribution in [3.05, 3.63) is 106 Å². The van der Waals surface area contributed by atoms with E-state index in [-0.39, 0.29) is 18.0 Å². The van der Waals surface area contributed by atoms with Gasteiger partial charge in [0.1, 0.15) is 0 Å². The van der Waals surface area contributed by atoms with Crippen LogP contribution in [0, 0.1) is 20.8 Å². The number of aryl methyl sites for hydroxylation is 2. The second-order valence-electron chi connectivity index (χ2n) is 9.51. The predicted molar refractivity (Wildman–Crippen MR) is 158 cm³/mol. The molecule has 0 spiro atoms. The van der Waals surface area contributed by atoms with E-state index in [0.29, 0.717) is 16.6 Å². The summed E-state index contributed by atoms with van der Waals surface area (Å²) < 4.78 is 2.20. The second kappa shape index (κ2) is 10.6. The molecular weight excluding hydrogens is 514 g/mol. The van der Waals surface area contributed by atoms with Gasteiger partial charge in [0.25, 0.3) is 0 Å². The molecule has 2 N–H and O–H groups in total. The lowest BCUT2D eigenvalue weighted by atomic mass is 9.96. The molecule has 5 rings (SSSR count). The number of thiocarbonyl (C=S) groups is 1. The molecule has 0 aliphatic carbocycles. The maximum atomic E-state index is 12.0. The number of aromatic nitrogens is 2. The summed E-state index contributed by atoms with van der Waals surface area (Å²) in [4.78, 5) is 18.8.